The molecular weight excluding hydrogens is 200 g/mol. The molecule has 1 fully saturated rings. The molecule has 1 saturated heterocycles. The van der Waals surface area contributed by atoms with Crippen LogP contribution in [0.3, 0.4) is 0 Å². The molecule has 0 amide bonds. The molecule has 0 saturated carbocycles. The Morgan fingerprint density at radius 2 is 2.38 bits per heavy atom. The fraction of sp³-hybridized carbons (Fsp3) is 0.583. The van der Waals surface area contributed by atoms with Crippen LogP contribution in [0.1, 0.15) is 12.1 Å². The summed E-state index contributed by atoms with van der Waals surface area (Å²) in [6.07, 6.45) is 3.03. The maximum absolute atomic E-state index is 5.74. The summed E-state index contributed by atoms with van der Waals surface area (Å²) in [5.74, 6) is 0. The molecule has 2 N–H and O–H groups in total. The number of nitrogen functional groups attached to an aromatic ring is 1. The number of aromatic nitrogens is 1. The van der Waals surface area contributed by atoms with Crippen LogP contribution in [0.15, 0.2) is 18.3 Å². The minimum Gasteiger partial charge on any atom is -0.399 e. The van der Waals surface area contributed by atoms with Crippen LogP contribution in [0, 0.1) is 0 Å². The molecule has 0 aliphatic carbocycles. The summed E-state index contributed by atoms with van der Waals surface area (Å²) in [4.78, 5) is 9.07. The highest BCUT2D eigenvalue weighted by Gasteiger charge is 2.23. The number of anilines is 1. The molecule has 4 nitrogen and oxygen atoms in total. The van der Waals surface area contributed by atoms with Gasteiger partial charge in [-0.3, -0.25) is 9.88 Å². The Bertz CT molecular complexity index is 351. The fourth-order valence-electron chi connectivity index (χ4n) is 2.19. The monoisotopic (exact) mass is 220 g/mol. The van der Waals surface area contributed by atoms with E-state index in [1.54, 1.807) is 6.20 Å². The zero-order valence-corrected chi connectivity index (χ0v) is 10.1. The third-order valence-corrected chi connectivity index (χ3v) is 3.20. The van der Waals surface area contributed by atoms with Crippen molar-refractivity contribution in [2.45, 2.75) is 19.0 Å². The number of rotatable bonds is 3. The first-order valence-electron chi connectivity index (χ1n) is 5.74. The first-order valence-corrected chi connectivity index (χ1v) is 5.74. The molecular formula is C12H20N4. The summed E-state index contributed by atoms with van der Waals surface area (Å²) < 4.78 is 0. The Morgan fingerprint density at radius 1 is 1.56 bits per heavy atom. The molecule has 1 aliphatic rings. The van der Waals surface area contributed by atoms with E-state index in [0.717, 1.165) is 31.0 Å². The topological polar surface area (TPSA) is 45.4 Å². The molecule has 0 bridgehead atoms. The minimum atomic E-state index is 0.682. The lowest BCUT2D eigenvalue weighted by Crippen LogP contribution is -2.31. The summed E-state index contributed by atoms with van der Waals surface area (Å²) in [5.41, 5.74) is 7.61. The van der Waals surface area contributed by atoms with Crippen molar-refractivity contribution in [3.63, 3.8) is 0 Å². The second-order valence-electron chi connectivity index (χ2n) is 4.72. The van der Waals surface area contributed by atoms with Gasteiger partial charge >= 0.3 is 0 Å². The predicted molar refractivity (Wildman–Crippen MR) is 66.0 cm³/mol. The molecule has 0 spiro atoms. The lowest BCUT2D eigenvalue weighted by Gasteiger charge is -2.20. The van der Waals surface area contributed by atoms with Crippen molar-refractivity contribution in [3.8, 4) is 0 Å². The Morgan fingerprint density at radius 3 is 3.00 bits per heavy atom. The van der Waals surface area contributed by atoms with Crippen LogP contribution in [-0.4, -0.2) is 48.0 Å². The van der Waals surface area contributed by atoms with E-state index in [1.807, 2.05) is 12.1 Å². The average molecular weight is 220 g/mol. The smallest absolute Gasteiger partial charge is 0.0564 e. The molecule has 16 heavy (non-hydrogen) atoms. The van der Waals surface area contributed by atoms with Crippen LogP contribution in [0.5, 0.6) is 0 Å². The van der Waals surface area contributed by atoms with E-state index < -0.39 is 0 Å². The van der Waals surface area contributed by atoms with Crippen molar-refractivity contribution in [3.05, 3.63) is 24.0 Å². The molecule has 2 rings (SSSR count). The van der Waals surface area contributed by atoms with Crippen molar-refractivity contribution in [1.29, 1.82) is 0 Å². The van der Waals surface area contributed by atoms with Crippen LogP contribution < -0.4 is 5.73 Å². The maximum Gasteiger partial charge on any atom is 0.0564 e. The SMILES string of the molecule is CN(C)C1CCN(Cc2cc(N)ccn2)C1. The third kappa shape index (κ3) is 2.71. The lowest BCUT2D eigenvalue weighted by molar-refractivity contribution is 0.263. The van der Waals surface area contributed by atoms with Crippen molar-refractivity contribution in [2.24, 2.45) is 0 Å². The summed E-state index contributed by atoms with van der Waals surface area (Å²) in [5, 5.41) is 0. The standard InChI is InChI=1S/C12H20N4/c1-15(2)12-4-6-16(9-12)8-11-7-10(13)3-5-14-11/h3,5,7,12H,4,6,8-9H2,1-2H3,(H2,13,14). The minimum absolute atomic E-state index is 0.682. The van der Waals surface area contributed by atoms with E-state index in [0.29, 0.717) is 6.04 Å². The largest absolute Gasteiger partial charge is 0.399 e. The molecule has 1 aliphatic heterocycles. The summed E-state index contributed by atoms with van der Waals surface area (Å²) in [7, 11) is 4.29. The Balaban J connectivity index is 1.92. The molecule has 2 heterocycles. The van der Waals surface area contributed by atoms with Gasteiger partial charge < -0.3 is 10.6 Å². The Hall–Kier alpha value is -1.13. The van der Waals surface area contributed by atoms with Gasteiger partial charge in [-0.1, -0.05) is 0 Å². The van der Waals surface area contributed by atoms with E-state index >= 15 is 0 Å². The zero-order chi connectivity index (χ0) is 11.5. The van der Waals surface area contributed by atoms with Gasteiger partial charge in [0.05, 0.1) is 5.69 Å². The van der Waals surface area contributed by atoms with Crippen LogP contribution >= 0.6 is 0 Å². The molecule has 1 aromatic heterocycles. The lowest BCUT2D eigenvalue weighted by atomic mass is 10.2. The molecule has 1 aromatic rings. The van der Waals surface area contributed by atoms with Gasteiger partial charge in [0.25, 0.3) is 0 Å². The van der Waals surface area contributed by atoms with Gasteiger partial charge in [-0.25, -0.2) is 0 Å². The van der Waals surface area contributed by atoms with E-state index in [9.17, 15) is 0 Å². The van der Waals surface area contributed by atoms with E-state index in [-0.39, 0.29) is 0 Å². The molecule has 1 atom stereocenters. The Labute approximate surface area is 97.1 Å². The van der Waals surface area contributed by atoms with Gasteiger partial charge in [0, 0.05) is 37.6 Å². The molecule has 0 aromatic carbocycles. The van der Waals surface area contributed by atoms with Crippen LogP contribution in [0.25, 0.3) is 0 Å². The van der Waals surface area contributed by atoms with Crippen molar-refractivity contribution in [2.75, 3.05) is 32.9 Å². The quantitative estimate of drug-likeness (QED) is 0.818. The van der Waals surface area contributed by atoms with Crippen LogP contribution in [0.2, 0.25) is 0 Å². The number of hydrogen-bond acceptors (Lipinski definition) is 4. The second kappa shape index (κ2) is 4.80. The molecule has 88 valence electrons. The number of nitrogens with zero attached hydrogens (tertiary/aromatic N) is 3. The van der Waals surface area contributed by atoms with E-state index in [1.165, 1.54) is 6.42 Å². The normalized spacial score (nSPS) is 21.8. The van der Waals surface area contributed by atoms with E-state index in [2.05, 4.69) is 28.9 Å². The predicted octanol–water partition coefficient (Wildman–Crippen LogP) is 0.800. The highest BCUT2D eigenvalue weighted by atomic mass is 15.2. The van der Waals surface area contributed by atoms with Crippen molar-refractivity contribution >= 4 is 5.69 Å². The number of likely N-dealkylation sites (N-methyl/N-ethyl adjacent to an activating group) is 1. The number of likely N-dealkylation sites (tertiary alicyclic amines) is 1. The van der Waals surface area contributed by atoms with Gasteiger partial charge in [0.15, 0.2) is 0 Å². The molecule has 4 heteroatoms. The first-order chi connectivity index (χ1) is 7.65. The molecule has 0 radical (unpaired) electrons. The van der Waals surface area contributed by atoms with E-state index in [4.69, 9.17) is 5.73 Å². The Kier molecular flexibility index (Phi) is 3.41. The summed E-state index contributed by atoms with van der Waals surface area (Å²) >= 11 is 0. The highest BCUT2D eigenvalue weighted by molar-refractivity contribution is 5.37. The summed E-state index contributed by atoms with van der Waals surface area (Å²) in [6.45, 7) is 3.19. The fourth-order valence-corrected chi connectivity index (χ4v) is 2.19. The molecule has 1 unspecified atom stereocenters. The number of hydrogen-bond donors (Lipinski definition) is 1. The number of pyridine rings is 1. The van der Waals surface area contributed by atoms with Crippen LogP contribution in [0.4, 0.5) is 5.69 Å². The highest BCUT2D eigenvalue weighted by Crippen LogP contribution is 2.16. The maximum atomic E-state index is 5.74. The van der Waals surface area contributed by atoms with Crippen molar-refractivity contribution < 1.29 is 0 Å². The van der Waals surface area contributed by atoms with Crippen molar-refractivity contribution in [1.82, 2.24) is 14.8 Å². The van der Waals surface area contributed by atoms with Crippen LogP contribution in [-0.2, 0) is 6.54 Å². The van der Waals surface area contributed by atoms with Gasteiger partial charge in [0.1, 0.15) is 0 Å². The van der Waals surface area contributed by atoms with Gasteiger partial charge in [0.2, 0.25) is 0 Å². The van der Waals surface area contributed by atoms with Gasteiger partial charge in [-0.2, -0.15) is 0 Å². The van der Waals surface area contributed by atoms with Gasteiger partial charge in [-0.05, 0) is 32.6 Å². The first kappa shape index (κ1) is 11.4. The second-order valence-corrected chi connectivity index (χ2v) is 4.72. The summed E-state index contributed by atoms with van der Waals surface area (Å²) in [6, 6.07) is 4.47. The zero-order valence-electron chi connectivity index (χ0n) is 10.1. The third-order valence-electron chi connectivity index (χ3n) is 3.20. The van der Waals surface area contributed by atoms with Gasteiger partial charge in [-0.15, -0.1) is 0 Å². The number of nitrogens with two attached hydrogens (primary N) is 1. The average Bonchev–Trinajstić information content (AvgIpc) is 2.66.